The Morgan fingerprint density at radius 3 is 2.79 bits per heavy atom. The molecule has 5 heteroatoms. The number of hydrogen-bond acceptors (Lipinski definition) is 4. The molecular formula is C9H15N3OS. The minimum Gasteiger partial charge on any atom is -0.351 e. The zero-order valence-corrected chi connectivity index (χ0v) is 9.28. The summed E-state index contributed by atoms with van der Waals surface area (Å²) in [5, 5.41) is 3.70. The van der Waals surface area contributed by atoms with Gasteiger partial charge < -0.3 is 11.1 Å². The van der Waals surface area contributed by atoms with Crippen LogP contribution in [0.25, 0.3) is 0 Å². The predicted octanol–water partition coefficient (Wildman–Crippen LogP) is 0.839. The molecule has 4 nitrogen and oxygen atoms in total. The van der Waals surface area contributed by atoms with Gasteiger partial charge in [-0.25, -0.2) is 4.98 Å². The monoisotopic (exact) mass is 213 g/mol. The summed E-state index contributed by atoms with van der Waals surface area (Å²) in [7, 11) is 0. The van der Waals surface area contributed by atoms with Crippen molar-refractivity contribution in [2.24, 2.45) is 5.73 Å². The van der Waals surface area contributed by atoms with Crippen molar-refractivity contribution in [2.75, 3.05) is 13.1 Å². The lowest BCUT2D eigenvalue weighted by Crippen LogP contribution is -2.26. The van der Waals surface area contributed by atoms with Crippen molar-refractivity contribution >= 4 is 17.2 Å². The van der Waals surface area contributed by atoms with Gasteiger partial charge in [0, 0.05) is 11.4 Å². The highest BCUT2D eigenvalue weighted by molar-refractivity contribution is 7.11. The molecule has 0 aliphatic carbocycles. The molecule has 0 unspecified atom stereocenters. The summed E-state index contributed by atoms with van der Waals surface area (Å²) in [5.74, 6) is -0.0969. The Hall–Kier alpha value is -0.940. The van der Waals surface area contributed by atoms with Crippen LogP contribution in [0.3, 0.4) is 0 Å². The van der Waals surface area contributed by atoms with Crippen LogP contribution in [0.4, 0.5) is 0 Å². The largest absolute Gasteiger partial charge is 0.351 e. The van der Waals surface area contributed by atoms with E-state index >= 15 is 0 Å². The van der Waals surface area contributed by atoms with Crippen molar-refractivity contribution in [3.63, 3.8) is 0 Å². The lowest BCUT2D eigenvalue weighted by molar-refractivity contribution is 0.0948. The molecule has 1 aromatic heterocycles. The molecule has 0 spiro atoms. The van der Waals surface area contributed by atoms with Gasteiger partial charge in [-0.1, -0.05) is 0 Å². The average molecular weight is 213 g/mol. The molecule has 0 bridgehead atoms. The molecule has 0 aliphatic heterocycles. The number of thiazole rings is 1. The van der Waals surface area contributed by atoms with E-state index in [0.29, 0.717) is 18.8 Å². The van der Waals surface area contributed by atoms with Crippen LogP contribution in [0.1, 0.15) is 26.8 Å². The van der Waals surface area contributed by atoms with E-state index in [2.05, 4.69) is 10.3 Å². The summed E-state index contributed by atoms with van der Waals surface area (Å²) < 4.78 is 0. The van der Waals surface area contributed by atoms with Crippen LogP contribution in [0.5, 0.6) is 0 Å². The molecule has 1 rings (SSSR count). The standard InChI is InChI=1S/C9H15N3OS/c1-6-8(12-7(2)14-6)9(13)11-5-3-4-10/h3-5,10H2,1-2H3,(H,11,13). The van der Waals surface area contributed by atoms with Gasteiger partial charge in [0.25, 0.3) is 5.91 Å². The number of nitrogens with zero attached hydrogens (tertiary/aromatic N) is 1. The van der Waals surface area contributed by atoms with E-state index in [1.807, 2.05) is 13.8 Å². The van der Waals surface area contributed by atoms with E-state index < -0.39 is 0 Å². The van der Waals surface area contributed by atoms with E-state index in [4.69, 9.17) is 5.73 Å². The van der Waals surface area contributed by atoms with Crippen LogP contribution in [-0.2, 0) is 0 Å². The van der Waals surface area contributed by atoms with Gasteiger partial charge in [0.1, 0.15) is 5.69 Å². The molecule has 0 atom stereocenters. The molecule has 0 aromatic carbocycles. The Bertz CT molecular complexity index is 322. The quantitative estimate of drug-likeness (QED) is 0.728. The van der Waals surface area contributed by atoms with Crippen molar-refractivity contribution in [3.05, 3.63) is 15.6 Å². The molecule has 0 saturated carbocycles. The minimum absolute atomic E-state index is 0.0969. The zero-order valence-electron chi connectivity index (χ0n) is 8.46. The number of amides is 1. The first-order valence-electron chi connectivity index (χ1n) is 4.57. The number of nitrogens with one attached hydrogen (secondary N) is 1. The second-order valence-electron chi connectivity index (χ2n) is 3.04. The molecule has 3 N–H and O–H groups in total. The van der Waals surface area contributed by atoms with Crippen LogP contribution < -0.4 is 11.1 Å². The Kier molecular flexibility index (Phi) is 4.03. The van der Waals surface area contributed by atoms with E-state index in [0.717, 1.165) is 16.3 Å². The summed E-state index contributed by atoms with van der Waals surface area (Å²) in [4.78, 5) is 16.7. The predicted molar refractivity (Wildman–Crippen MR) is 57.6 cm³/mol. The number of hydrogen-bond donors (Lipinski definition) is 2. The topological polar surface area (TPSA) is 68.0 Å². The fraction of sp³-hybridized carbons (Fsp3) is 0.556. The van der Waals surface area contributed by atoms with E-state index in [9.17, 15) is 4.79 Å². The Morgan fingerprint density at radius 2 is 2.29 bits per heavy atom. The number of aromatic nitrogens is 1. The molecule has 0 aliphatic rings. The Balaban J connectivity index is 2.56. The van der Waals surface area contributed by atoms with E-state index in [1.165, 1.54) is 0 Å². The fourth-order valence-corrected chi connectivity index (χ4v) is 1.94. The van der Waals surface area contributed by atoms with Crippen LogP contribution >= 0.6 is 11.3 Å². The Labute approximate surface area is 87.5 Å². The second kappa shape index (κ2) is 5.07. The summed E-state index contributed by atoms with van der Waals surface area (Å²) in [5.41, 5.74) is 5.87. The van der Waals surface area contributed by atoms with Crippen molar-refractivity contribution in [1.29, 1.82) is 0 Å². The maximum absolute atomic E-state index is 11.5. The molecule has 0 fully saturated rings. The summed E-state index contributed by atoms with van der Waals surface area (Å²) in [6.07, 6.45) is 0.800. The second-order valence-corrected chi connectivity index (χ2v) is 4.44. The smallest absolute Gasteiger partial charge is 0.271 e. The minimum atomic E-state index is -0.0969. The molecule has 14 heavy (non-hydrogen) atoms. The first-order chi connectivity index (χ1) is 6.65. The number of carbonyl (C=O) groups excluding carboxylic acids is 1. The zero-order chi connectivity index (χ0) is 10.6. The van der Waals surface area contributed by atoms with Gasteiger partial charge in [0.15, 0.2) is 0 Å². The first kappa shape index (κ1) is 11.1. The highest BCUT2D eigenvalue weighted by atomic mass is 32.1. The highest BCUT2D eigenvalue weighted by Gasteiger charge is 2.12. The number of rotatable bonds is 4. The van der Waals surface area contributed by atoms with Crippen LogP contribution in [0.15, 0.2) is 0 Å². The van der Waals surface area contributed by atoms with Crippen molar-refractivity contribution in [1.82, 2.24) is 10.3 Å². The molecule has 0 radical (unpaired) electrons. The van der Waals surface area contributed by atoms with Crippen molar-refractivity contribution < 1.29 is 4.79 Å². The van der Waals surface area contributed by atoms with Crippen LogP contribution in [0.2, 0.25) is 0 Å². The third-order valence-corrected chi connectivity index (χ3v) is 2.67. The molecule has 1 aromatic rings. The van der Waals surface area contributed by atoms with Gasteiger partial charge in [-0.2, -0.15) is 0 Å². The van der Waals surface area contributed by atoms with Gasteiger partial charge in [-0.3, -0.25) is 4.79 Å². The number of nitrogens with two attached hydrogens (primary N) is 1. The van der Waals surface area contributed by atoms with Gasteiger partial charge in [0.05, 0.1) is 5.01 Å². The van der Waals surface area contributed by atoms with Gasteiger partial charge in [-0.05, 0) is 26.8 Å². The lowest BCUT2D eigenvalue weighted by Gasteiger charge is -2.01. The summed E-state index contributed by atoms with van der Waals surface area (Å²) >= 11 is 1.54. The molecule has 0 saturated heterocycles. The fourth-order valence-electron chi connectivity index (χ4n) is 1.13. The van der Waals surface area contributed by atoms with E-state index in [1.54, 1.807) is 11.3 Å². The summed E-state index contributed by atoms with van der Waals surface area (Å²) in [6.45, 7) is 5.01. The number of aryl methyl sites for hydroxylation is 2. The third kappa shape index (κ3) is 2.78. The normalized spacial score (nSPS) is 10.2. The average Bonchev–Trinajstić information content (AvgIpc) is 2.45. The van der Waals surface area contributed by atoms with Crippen LogP contribution in [-0.4, -0.2) is 24.0 Å². The van der Waals surface area contributed by atoms with E-state index in [-0.39, 0.29) is 5.91 Å². The molecule has 1 amide bonds. The Morgan fingerprint density at radius 1 is 1.57 bits per heavy atom. The molecule has 78 valence electrons. The molecular weight excluding hydrogens is 198 g/mol. The lowest BCUT2D eigenvalue weighted by atomic mass is 10.3. The third-order valence-electron chi connectivity index (χ3n) is 1.79. The van der Waals surface area contributed by atoms with Crippen LogP contribution in [0, 0.1) is 13.8 Å². The summed E-state index contributed by atoms with van der Waals surface area (Å²) in [6, 6.07) is 0. The molecule has 1 heterocycles. The van der Waals surface area contributed by atoms with Gasteiger partial charge in [-0.15, -0.1) is 11.3 Å². The van der Waals surface area contributed by atoms with Gasteiger partial charge >= 0.3 is 0 Å². The highest BCUT2D eigenvalue weighted by Crippen LogP contribution is 2.15. The van der Waals surface area contributed by atoms with Crippen molar-refractivity contribution in [3.8, 4) is 0 Å². The van der Waals surface area contributed by atoms with Crippen molar-refractivity contribution in [2.45, 2.75) is 20.3 Å². The number of carbonyl (C=O) groups is 1. The first-order valence-corrected chi connectivity index (χ1v) is 5.39. The maximum atomic E-state index is 11.5. The van der Waals surface area contributed by atoms with Gasteiger partial charge in [0.2, 0.25) is 0 Å². The SMILES string of the molecule is Cc1nc(C(=O)NCCCN)c(C)s1. The maximum Gasteiger partial charge on any atom is 0.271 e.